The number of carbonyl (C=O) groups excluding carboxylic acids is 3. The molecule has 1 aromatic carbocycles. The lowest BCUT2D eigenvalue weighted by Crippen LogP contribution is -2.35. The van der Waals surface area contributed by atoms with Crippen molar-refractivity contribution in [3.63, 3.8) is 0 Å². The molecule has 2 N–H and O–H groups in total. The molecule has 9 nitrogen and oxygen atoms in total. The molecular formula is C16H14BrClN2O7. The SMILES string of the molecule is CCOC(=O)COc1c(Cl)cc(/C=C2/NC(=O)N(CC(=O)O)C2=O)cc1Br. The monoisotopic (exact) mass is 460 g/mol. The number of esters is 1. The van der Waals surface area contributed by atoms with Gasteiger partial charge in [0.05, 0.1) is 16.1 Å². The predicted molar refractivity (Wildman–Crippen MR) is 97.1 cm³/mol. The Labute approximate surface area is 167 Å². The van der Waals surface area contributed by atoms with Crippen molar-refractivity contribution in [2.45, 2.75) is 6.92 Å². The average Bonchev–Trinajstić information content (AvgIpc) is 2.81. The van der Waals surface area contributed by atoms with Gasteiger partial charge in [-0.25, -0.2) is 14.5 Å². The van der Waals surface area contributed by atoms with E-state index in [0.717, 1.165) is 0 Å². The van der Waals surface area contributed by atoms with Crippen LogP contribution in [-0.2, 0) is 19.1 Å². The highest BCUT2D eigenvalue weighted by atomic mass is 79.9. The van der Waals surface area contributed by atoms with Gasteiger partial charge in [0.25, 0.3) is 5.91 Å². The second-order valence-electron chi connectivity index (χ2n) is 5.18. The van der Waals surface area contributed by atoms with E-state index in [-0.39, 0.29) is 29.7 Å². The van der Waals surface area contributed by atoms with Gasteiger partial charge >= 0.3 is 18.0 Å². The van der Waals surface area contributed by atoms with Gasteiger partial charge in [0.2, 0.25) is 0 Å². The molecule has 2 rings (SSSR count). The minimum absolute atomic E-state index is 0.0931. The number of carboxylic acid groups (broad SMARTS) is 1. The number of carboxylic acids is 1. The number of hydrogen-bond acceptors (Lipinski definition) is 6. The molecule has 0 spiro atoms. The molecule has 27 heavy (non-hydrogen) atoms. The van der Waals surface area contributed by atoms with Crippen LogP contribution < -0.4 is 10.1 Å². The molecule has 1 saturated heterocycles. The molecule has 1 fully saturated rings. The van der Waals surface area contributed by atoms with Gasteiger partial charge in [-0.1, -0.05) is 11.6 Å². The van der Waals surface area contributed by atoms with Crippen molar-refractivity contribution in [3.8, 4) is 5.75 Å². The molecule has 0 aromatic heterocycles. The molecular weight excluding hydrogens is 448 g/mol. The lowest BCUT2D eigenvalue weighted by molar-refractivity contribution is -0.145. The van der Waals surface area contributed by atoms with Crippen molar-refractivity contribution >= 4 is 57.5 Å². The van der Waals surface area contributed by atoms with E-state index in [1.54, 1.807) is 13.0 Å². The van der Waals surface area contributed by atoms with E-state index < -0.39 is 30.4 Å². The van der Waals surface area contributed by atoms with Crippen LogP contribution in [0.5, 0.6) is 5.75 Å². The Hall–Kier alpha value is -2.59. The number of nitrogens with one attached hydrogen (secondary N) is 1. The van der Waals surface area contributed by atoms with E-state index in [1.807, 2.05) is 0 Å². The fourth-order valence-electron chi connectivity index (χ4n) is 2.15. The van der Waals surface area contributed by atoms with Gasteiger partial charge in [-0.3, -0.25) is 9.59 Å². The molecule has 3 amide bonds. The number of nitrogens with zero attached hydrogens (tertiary/aromatic N) is 1. The summed E-state index contributed by atoms with van der Waals surface area (Å²) < 4.78 is 10.5. The molecule has 0 radical (unpaired) electrons. The Morgan fingerprint density at radius 2 is 2.07 bits per heavy atom. The summed E-state index contributed by atoms with van der Waals surface area (Å²) in [5.74, 6) is -2.42. The van der Waals surface area contributed by atoms with Crippen LogP contribution in [0, 0.1) is 0 Å². The number of amides is 3. The number of halogens is 2. The minimum atomic E-state index is -1.31. The largest absolute Gasteiger partial charge is 0.480 e. The first-order valence-corrected chi connectivity index (χ1v) is 8.73. The smallest absolute Gasteiger partial charge is 0.344 e. The third-order valence-corrected chi connectivity index (χ3v) is 4.10. The maximum absolute atomic E-state index is 12.1. The summed E-state index contributed by atoms with van der Waals surface area (Å²) in [6.07, 6.45) is 1.34. The van der Waals surface area contributed by atoms with Crippen LogP contribution >= 0.6 is 27.5 Å². The average molecular weight is 462 g/mol. The van der Waals surface area contributed by atoms with Crippen LogP contribution in [-0.4, -0.2) is 53.6 Å². The van der Waals surface area contributed by atoms with Crippen molar-refractivity contribution < 1.29 is 33.8 Å². The highest BCUT2D eigenvalue weighted by Gasteiger charge is 2.34. The number of benzene rings is 1. The summed E-state index contributed by atoms with van der Waals surface area (Å²) in [7, 11) is 0. The van der Waals surface area contributed by atoms with E-state index in [2.05, 4.69) is 21.2 Å². The minimum Gasteiger partial charge on any atom is -0.480 e. The van der Waals surface area contributed by atoms with E-state index >= 15 is 0 Å². The third kappa shape index (κ3) is 5.20. The summed E-state index contributed by atoms with van der Waals surface area (Å²) in [5.41, 5.74) is 0.348. The highest BCUT2D eigenvalue weighted by Crippen LogP contribution is 2.35. The van der Waals surface area contributed by atoms with Gasteiger partial charge in [0, 0.05) is 0 Å². The highest BCUT2D eigenvalue weighted by molar-refractivity contribution is 9.10. The van der Waals surface area contributed by atoms with Crippen LogP contribution in [0.25, 0.3) is 6.08 Å². The molecule has 1 aliphatic rings. The van der Waals surface area contributed by atoms with E-state index in [1.165, 1.54) is 12.1 Å². The molecule has 0 unspecified atom stereocenters. The number of carbonyl (C=O) groups is 4. The first-order chi connectivity index (χ1) is 12.7. The zero-order valence-corrected chi connectivity index (χ0v) is 16.3. The van der Waals surface area contributed by atoms with Crippen LogP contribution in [0.15, 0.2) is 22.3 Å². The standard InChI is InChI=1S/C16H14BrClN2O7/c1-2-26-13(23)7-27-14-9(17)3-8(4-10(14)18)5-11-15(24)20(6-12(21)22)16(25)19-11/h3-5H,2,6-7H2,1H3,(H,19,25)(H,21,22)/b11-5+. The van der Waals surface area contributed by atoms with Gasteiger partial charge < -0.3 is 19.9 Å². The lowest BCUT2D eigenvalue weighted by Gasteiger charge is -2.11. The molecule has 1 heterocycles. The normalized spacial score (nSPS) is 15.1. The predicted octanol–water partition coefficient (Wildman–Crippen LogP) is 2.02. The van der Waals surface area contributed by atoms with Gasteiger partial charge in [0.1, 0.15) is 12.2 Å². The maximum atomic E-state index is 12.1. The Balaban J connectivity index is 2.19. The van der Waals surface area contributed by atoms with E-state index in [0.29, 0.717) is 14.9 Å². The van der Waals surface area contributed by atoms with E-state index in [9.17, 15) is 19.2 Å². The van der Waals surface area contributed by atoms with Gasteiger partial charge in [0.15, 0.2) is 12.4 Å². The van der Waals surface area contributed by atoms with Crippen molar-refractivity contribution in [2.24, 2.45) is 0 Å². The topological polar surface area (TPSA) is 122 Å². The molecule has 0 saturated carbocycles. The van der Waals surface area contributed by atoms with Crippen LogP contribution in [0.3, 0.4) is 0 Å². The molecule has 144 valence electrons. The molecule has 0 bridgehead atoms. The number of ether oxygens (including phenoxy) is 2. The Morgan fingerprint density at radius 1 is 1.37 bits per heavy atom. The Kier molecular flexibility index (Phi) is 6.81. The van der Waals surface area contributed by atoms with Crippen LogP contribution in [0.2, 0.25) is 5.02 Å². The van der Waals surface area contributed by atoms with Crippen LogP contribution in [0.1, 0.15) is 12.5 Å². The second kappa shape index (κ2) is 8.87. The molecule has 1 aliphatic heterocycles. The van der Waals surface area contributed by atoms with Gasteiger partial charge in [-0.05, 0) is 46.6 Å². The number of aliphatic carboxylic acids is 1. The Morgan fingerprint density at radius 3 is 2.67 bits per heavy atom. The summed E-state index contributed by atoms with van der Waals surface area (Å²) >= 11 is 9.40. The van der Waals surface area contributed by atoms with Crippen molar-refractivity contribution in [1.82, 2.24) is 10.2 Å². The summed E-state index contributed by atoms with van der Waals surface area (Å²) in [6.45, 7) is 0.824. The zero-order valence-electron chi connectivity index (χ0n) is 14.0. The maximum Gasteiger partial charge on any atom is 0.344 e. The van der Waals surface area contributed by atoms with Crippen molar-refractivity contribution in [2.75, 3.05) is 19.8 Å². The summed E-state index contributed by atoms with van der Waals surface area (Å²) in [5, 5.41) is 11.2. The van der Waals surface area contributed by atoms with Crippen molar-refractivity contribution in [3.05, 3.63) is 32.9 Å². The Bertz CT molecular complexity index is 817. The fraction of sp³-hybridized carbons (Fsp3) is 0.250. The quantitative estimate of drug-likeness (QED) is 0.362. The van der Waals surface area contributed by atoms with Gasteiger partial charge in [-0.15, -0.1) is 0 Å². The first-order valence-electron chi connectivity index (χ1n) is 7.56. The number of urea groups is 1. The zero-order chi connectivity index (χ0) is 20.1. The van der Waals surface area contributed by atoms with Gasteiger partial charge in [-0.2, -0.15) is 0 Å². The summed E-state index contributed by atoms with van der Waals surface area (Å²) in [6, 6.07) is 2.19. The number of imide groups is 1. The van der Waals surface area contributed by atoms with Crippen molar-refractivity contribution in [1.29, 1.82) is 0 Å². The molecule has 0 atom stereocenters. The second-order valence-corrected chi connectivity index (χ2v) is 6.44. The first kappa shape index (κ1) is 20.7. The number of hydrogen-bond donors (Lipinski definition) is 2. The fourth-order valence-corrected chi connectivity index (χ4v) is 3.14. The summed E-state index contributed by atoms with van der Waals surface area (Å²) in [4.78, 5) is 46.5. The van der Waals surface area contributed by atoms with Crippen LogP contribution in [0.4, 0.5) is 4.79 Å². The van der Waals surface area contributed by atoms with E-state index in [4.69, 9.17) is 26.2 Å². The number of rotatable bonds is 7. The lowest BCUT2D eigenvalue weighted by atomic mass is 10.2. The molecule has 0 aliphatic carbocycles. The third-order valence-electron chi connectivity index (χ3n) is 3.23. The molecule has 1 aromatic rings. The molecule has 11 heteroatoms.